The molecule has 1 aromatic heterocycles. The molecule has 0 amide bonds. The molecule has 126 valence electrons. The van der Waals surface area contributed by atoms with Gasteiger partial charge in [-0.05, 0) is 24.4 Å². The lowest BCUT2D eigenvalue weighted by molar-refractivity contribution is 0.0690. The highest BCUT2D eigenvalue weighted by Gasteiger charge is 2.61. The highest BCUT2D eigenvalue weighted by atomic mass is 16.4. The molecule has 2 aromatic rings. The van der Waals surface area contributed by atoms with Crippen molar-refractivity contribution in [1.29, 1.82) is 0 Å². The van der Waals surface area contributed by atoms with E-state index in [1.54, 1.807) is 6.20 Å². The van der Waals surface area contributed by atoms with E-state index in [1.165, 1.54) is 11.8 Å². The lowest BCUT2D eigenvalue weighted by Crippen LogP contribution is -2.32. The summed E-state index contributed by atoms with van der Waals surface area (Å²) < 4.78 is 0. The predicted molar refractivity (Wildman–Crippen MR) is 91.8 cm³/mol. The minimum Gasteiger partial charge on any atom is -0.476 e. The van der Waals surface area contributed by atoms with Gasteiger partial charge in [-0.1, -0.05) is 44.2 Å². The van der Waals surface area contributed by atoms with E-state index < -0.39 is 5.97 Å². The van der Waals surface area contributed by atoms with Crippen LogP contribution < -0.4 is 0 Å². The maximum atomic E-state index is 10.8. The van der Waals surface area contributed by atoms with Gasteiger partial charge in [0, 0.05) is 18.5 Å². The van der Waals surface area contributed by atoms with Crippen molar-refractivity contribution in [2.75, 3.05) is 13.6 Å². The molecule has 1 heterocycles. The third-order valence-electron chi connectivity index (χ3n) is 5.14. The van der Waals surface area contributed by atoms with Crippen LogP contribution in [-0.2, 0) is 12.0 Å². The number of rotatable bonds is 6. The highest BCUT2D eigenvalue weighted by Crippen LogP contribution is 2.64. The van der Waals surface area contributed by atoms with Crippen molar-refractivity contribution in [3.05, 3.63) is 59.7 Å². The van der Waals surface area contributed by atoms with Gasteiger partial charge in [-0.3, -0.25) is 9.88 Å². The molecule has 5 heteroatoms. The van der Waals surface area contributed by atoms with Crippen molar-refractivity contribution in [2.24, 2.45) is 5.41 Å². The zero-order valence-corrected chi connectivity index (χ0v) is 14.4. The van der Waals surface area contributed by atoms with Crippen LogP contribution in [0.2, 0.25) is 0 Å². The molecule has 0 saturated heterocycles. The zero-order valence-electron chi connectivity index (χ0n) is 14.4. The van der Waals surface area contributed by atoms with Gasteiger partial charge in [0.1, 0.15) is 0 Å². The third-order valence-corrected chi connectivity index (χ3v) is 5.14. The van der Waals surface area contributed by atoms with Crippen molar-refractivity contribution in [2.45, 2.75) is 32.2 Å². The molecule has 0 bridgehead atoms. The minimum absolute atomic E-state index is 0.0227. The molecule has 1 atom stereocenters. The first-order valence-electron chi connectivity index (χ1n) is 8.12. The Kier molecular flexibility index (Phi) is 4.13. The Morgan fingerprint density at radius 1 is 1.21 bits per heavy atom. The number of aromatic nitrogens is 2. The lowest BCUT2D eigenvalue weighted by Gasteiger charge is -2.27. The lowest BCUT2D eigenvalue weighted by atomic mass is 9.87. The average molecular weight is 325 g/mol. The molecule has 0 aliphatic heterocycles. The maximum Gasteiger partial charge on any atom is 0.356 e. The van der Waals surface area contributed by atoms with Crippen molar-refractivity contribution in [3.8, 4) is 0 Å². The van der Waals surface area contributed by atoms with Crippen LogP contribution in [0.4, 0.5) is 0 Å². The average Bonchev–Trinajstić information content (AvgIpc) is 3.10. The summed E-state index contributed by atoms with van der Waals surface area (Å²) in [4.78, 5) is 21.2. The quantitative estimate of drug-likeness (QED) is 0.884. The second-order valence-electron chi connectivity index (χ2n) is 7.38. The number of carboxylic acid groups (broad SMARTS) is 1. The summed E-state index contributed by atoms with van der Waals surface area (Å²) in [6, 6.07) is 10.7. The van der Waals surface area contributed by atoms with Crippen molar-refractivity contribution < 1.29 is 9.90 Å². The number of hydrogen-bond donors (Lipinski definition) is 1. The number of carboxylic acids is 1. The van der Waals surface area contributed by atoms with E-state index >= 15 is 0 Å². The molecule has 24 heavy (non-hydrogen) atoms. The number of likely N-dealkylation sites (N-methyl/N-ethyl adjacent to an activating group) is 1. The zero-order chi connectivity index (χ0) is 17.4. The largest absolute Gasteiger partial charge is 0.476 e. The summed E-state index contributed by atoms with van der Waals surface area (Å²) in [5.41, 5.74) is 2.59. The van der Waals surface area contributed by atoms with Crippen LogP contribution >= 0.6 is 0 Å². The second kappa shape index (κ2) is 5.98. The van der Waals surface area contributed by atoms with Crippen LogP contribution in [0.1, 0.15) is 42.0 Å². The van der Waals surface area contributed by atoms with Crippen LogP contribution in [0.15, 0.2) is 42.7 Å². The molecular formula is C19H23N3O2. The van der Waals surface area contributed by atoms with Gasteiger partial charge in [0.25, 0.3) is 0 Å². The first-order valence-corrected chi connectivity index (χ1v) is 8.12. The van der Waals surface area contributed by atoms with Crippen LogP contribution in [0, 0.1) is 5.41 Å². The molecule has 1 aliphatic rings. The van der Waals surface area contributed by atoms with Gasteiger partial charge in [0.2, 0.25) is 0 Å². The highest BCUT2D eigenvalue weighted by molar-refractivity contribution is 5.84. The molecule has 1 N–H and O–H groups in total. The molecular weight excluding hydrogens is 302 g/mol. The SMILES string of the molecule is CN(Cc1cnc(C(=O)O)cn1)CC1(c2ccccc2)CC1(C)C. The van der Waals surface area contributed by atoms with Gasteiger partial charge in [-0.25, -0.2) is 9.78 Å². The fourth-order valence-electron chi connectivity index (χ4n) is 3.66. The van der Waals surface area contributed by atoms with Gasteiger partial charge >= 0.3 is 5.97 Å². The fourth-order valence-corrected chi connectivity index (χ4v) is 3.66. The Bertz CT molecular complexity index is 728. The maximum absolute atomic E-state index is 10.8. The number of benzene rings is 1. The number of hydrogen-bond acceptors (Lipinski definition) is 4. The van der Waals surface area contributed by atoms with Crippen LogP contribution in [0.25, 0.3) is 0 Å². The van der Waals surface area contributed by atoms with Gasteiger partial charge in [0.15, 0.2) is 5.69 Å². The topological polar surface area (TPSA) is 66.3 Å². The number of nitrogens with zero attached hydrogens (tertiary/aromatic N) is 3. The standard InChI is InChI=1S/C19H23N3O2/c1-18(2)12-19(18,14-7-5-4-6-8-14)13-22(3)11-15-9-21-16(10-20-15)17(23)24/h4-10H,11-13H2,1-3H3,(H,23,24). The van der Waals surface area contributed by atoms with Crippen LogP contribution in [0.3, 0.4) is 0 Å². The molecule has 3 rings (SSSR count). The Balaban J connectivity index is 1.71. The first-order chi connectivity index (χ1) is 11.3. The Labute approximate surface area is 142 Å². The molecule has 1 aromatic carbocycles. The van der Waals surface area contributed by atoms with Gasteiger partial charge in [0.05, 0.1) is 18.1 Å². The fraction of sp³-hybridized carbons (Fsp3) is 0.421. The summed E-state index contributed by atoms with van der Waals surface area (Å²) in [6.07, 6.45) is 4.03. The van der Waals surface area contributed by atoms with Crippen molar-refractivity contribution in [3.63, 3.8) is 0 Å². The number of carbonyl (C=O) groups is 1. The van der Waals surface area contributed by atoms with E-state index in [9.17, 15) is 4.79 Å². The molecule has 0 radical (unpaired) electrons. The summed E-state index contributed by atoms with van der Waals surface area (Å²) in [7, 11) is 2.08. The summed E-state index contributed by atoms with van der Waals surface area (Å²) in [6.45, 7) is 6.22. The molecule has 1 aliphatic carbocycles. The Morgan fingerprint density at radius 3 is 2.38 bits per heavy atom. The molecule has 1 unspecified atom stereocenters. The predicted octanol–water partition coefficient (Wildman–Crippen LogP) is 2.97. The van der Waals surface area contributed by atoms with E-state index in [2.05, 4.69) is 66.1 Å². The van der Waals surface area contributed by atoms with Gasteiger partial charge < -0.3 is 5.11 Å². The Hall–Kier alpha value is -2.27. The monoisotopic (exact) mass is 325 g/mol. The van der Waals surface area contributed by atoms with E-state index in [0.29, 0.717) is 6.54 Å². The molecule has 0 spiro atoms. The van der Waals surface area contributed by atoms with Crippen molar-refractivity contribution in [1.82, 2.24) is 14.9 Å². The molecule has 1 saturated carbocycles. The van der Waals surface area contributed by atoms with E-state index in [0.717, 1.165) is 18.7 Å². The first kappa shape index (κ1) is 16.6. The molecule has 1 fully saturated rings. The smallest absolute Gasteiger partial charge is 0.356 e. The summed E-state index contributed by atoms with van der Waals surface area (Å²) in [5.74, 6) is -1.05. The van der Waals surface area contributed by atoms with Crippen molar-refractivity contribution >= 4 is 5.97 Å². The molecule has 5 nitrogen and oxygen atoms in total. The van der Waals surface area contributed by atoms with Gasteiger partial charge in [-0.15, -0.1) is 0 Å². The van der Waals surface area contributed by atoms with Crippen LogP contribution in [0.5, 0.6) is 0 Å². The second-order valence-corrected chi connectivity index (χ2v) is 7.38. The third kappa shape index (κ3) is 3.04. The van der Waals surface area contributed by atoms with E-state index in [-0.39, 0.29) is 16.5 Å². The minimum atomic E-state index is -1.05. The normalized spacial score (nSPS) is 21.7. The van der Waals surface area contributed by atoms with E-state index in [4.69, 9.17) is 5.11 Å². The summed E-state index contributed by atoms with van der Waals surface area (Å²) >= 11 is 0. The number of aromatic carboxylic acids is 1. The van der Waals surface area contributed by atoms with Crippen LogP contribution in [-0.4, -0.2) is 39.5 Å². The summed E-state index contributed by atoms with van der Waals surface area (Å²) in [5, 5.41) is 8.89. The Morgan fingerprint density at radius 2 is 1.88 bits per heavy atom. The van der Waals surface area contributed by atoms with E-state index in [1.807, 2.05) is 0 Å². The van der Waals surface area contributed by atoms with Gasteiger partial charge in [-0.2, -0.15) is 0 Å².